The summed E-state index contributed by atoms with van der Waals surface area (Å²) in [4.78, 5) is 23.6. The highest BCUT2D eigenvalue weighted by Crippen LogP contribution is 2.62. The van der Waals surface area contributed by atoms with E-state index in [0.717, 1.165) is 12.8 Å². The van der Waals surface area contributed by atoms with Crippen LogP contribution < -0.4 is 0 Å². The highest BCUT2D eigenvalue weighted by Gasteiger charge is 2.74. The van der Waals surface area contributed by atoms with E-state index in [1.807, 2.05) is 12.2 Å². The van der Waals surface area contributed by atoms with Gasteiger partial charge in [0, 0.05) is 11.8 Å². The lowest BCUT2D eigenvalue weighted by molar-refractivity contribution is -0.153. The number of fused-ring (bicyclic) bond motifs is 1. The predicted molar refractivity (Wildman–Crippen MR) is 59.8 cm³/mol. The van der Waals surface area contributed by atoms with Gasteiger partial charge in [0.15, 0.2) is 8.65 Å². The number of halogens is 2. The zero-order valence-electron chi connectivity index (χ0n) is 7.70. The fourth-order valence-electron chi connectivity index (χ4n) is 2.85. The van der Waals surface area contributed by atoms with Crippen molar-refractivity contribution in [2.75, 3.05) is 0 Å². The predicted octanol–water partition coefficient (Wildman–Crippen LogP) is 1.93. The Labute approximate surface area is 103 Å². The molecule has 0 aromatic rings. The summed E-state index contributed by atoms with van der Waals surface area (Å²) in [6, 6.07) is 0. The normalized spacial score (nSPS) is 51.9. The number of hydrogen-bond donors (Lipinski definition) is 0. The average Bonchev–Trinajstić information content (AvgIpc) is 2.42. The van der Waals surface area contributed by atoms with Crippen molar-refractivity contribution < 1.29 is 14.3 Å². The van der Waals surface area contributed by atoms with Crippen LogP contribution in [-0.4, -0.2) is 20.6 Å². The van der Waals surface area contributed by atoms with Gasteiger partial charge in [0.25, 0.3) is 0 Å². The molecule has 0 N–H and O–H groups in total. The van der Waals surface area contributed by atoms with E-state index in [1.165, 1.54) is 0 Å². The van der Waals surface area contributed by atoms with Gasteiger partial charge in [-0.05, 0) is 12.8 Å². The molecule has 5 heteroatoms. The van der Waals surface area contributed by atoms with Gasteiger partial charge in [-0.3, -0.25) is 0 Å². The van der Waals surface area contributed by atoms with Crippen molar-refractivity contribution in [1.29, 1.82) is 0 Å². The van der Waals surface area contributed by atoms with Gasteiger partial charge in [-0.2, -0.15) is 0 Å². The molecule has 1 heterocycles. The number of ether oxygens (including phenoxy) is 1. The second-order valence-corrected chi connectivity index (χ2v) is 6.78. The third kappa shape index (κ3) is 0.884. The summed E-state index contributed by atoms with van der Waals surface area (Å²) in [7, 11) is 0. The third-order valence-corrected chi connectivity index (χ3v) is 7.30. The molecule has 2 bridgehead atoms. The van der Waals surface area contributed by atoms with Crippen LogP contribution in [-0.2, 0) is 14.3 Å². The van der Waals surface area contributed by atoms with Crippen LogP contribution in [0.1, 0.15) is 12.8 Å². The van der Waals surface area contributed by atoms with Crippen molar-refractivity contribution in [2.24, 2.45) is 11.8 Å². The van der Waals surface area contributed by atoms with Gasteiger partial charge < -0.3 is 4.74 Å². The zero-order valence-corrected chi connectivity index (χ0v) is 10.9. The Kier molecular flexibility index (Phi) is 1.83. The SMILES string of the molecule is O=C1OC(=O)[C@]2(Br)[C@@H]3C=C[C@H](CC3)[C@@]12Br. The lowest BCUT2D eigenvalue weighted by Crippen LogP contribution is -2.61. The number of cyclic esters (lactones) is 2. The molecule has 4 aliphatic rings. The summed E-state index contributed by atoms with van der Waals surface area (Å²) < 4.78 is 3.00. The first kappa shape index (κ1) is 10.0. The van der Waals surface area contributed by atoms with Gasteiger partial charge in [-0.1, -0.05) is 44.0 Å². The van der Waals surface area contributed by atoms with E-state index >= 15 is 0 Å². The molecule has 4 rings (SSSR count). The Hall–Kier alpha value is -0.160. The maximum Gasteiger partial charge on any atom is 0.333 e. The van der Waals surface area contributed by atoms with Gasteiger partial charge in [-0.25, -0.2) is 9.59 Å². The number of rotatable bonds is 0. The molecule has 0 aromatic carbocycles. The van der Waals surface area contributed by atoms with Crippen molar-refractivity contribution in [3.63, 3.8) is 0 Å². The second-order valence-electron chi connectivity index (χ2n) is 4.28. The molecule has 1 saturated carbocycles. The van der Waals surface area contributed by atoms with Crippen molar-refractivity contribution in [3.05, 3.63) is 12.2 Å². The smallest absolute Gasteiger partial charge is 0.333 e. The molecule has 3 aliphatic carbocycles. The van der Waals surface area contributed by atoms with Crippen LogP contribution in [0.15, 0.2) is 12.2 Å². The summed E-state index contributed by atoms with van der Waals surface area (Å²) in [5.41, 5.74) is 0. The standard InChI is InChI=1S/C10H8Br2O3/c11-9-5-1-2-6(4-3-5)10(9,12)8(14)15-7(9)13/h1-2,5-6H,3-4H2/t5-,6-,9-,10-/m1/s1. The molecule has 15 heavy (non-hydrogen) atoms. The number of alkyl halides is 2. The van der Waals surface area contributed by atoms with E-state index in [9.17, 15) is 9.59 Å². The minimum atomic E-state index is -0.894. The number of allylic oxidation sites excluding steroid dienone is 2. The maximum atomic E-state index is 11.8. The molecule has 0 amide bonds. The zero-order chi connectivity index (χ0) is 10.8. The van der Waals surface area contributed by atoms with E-state index in [1.54, 1.807) is 0 Å². The lowest BCUT2D eigenvalue weighted by atomic mass is 9.63. The van der Waals surface area contributed by atoms with Crippen LogP contribution in [0.2, 0.25) is 0 Å². The monoisotopic (exact) mass is 334 g/mol. The van der Waals surface area contributed by atoms with Gasteiger partial charge >= 0.3 is 11.9 Å². The summed E-state index contributed by atoms with van der Waals surface area (Å²) in [5.74, 6) is -0.825. The highest BCUT2D eigenvalue weighted by molar-refractivity contribution is 9.13. The topological polar surface area (TPSA) is 43.4 Å². The minimum Gasteiger partial charge on any atom is -0.391 e. The molecule has 1 saturated heterocycles. The van der Waals surface area contributed by atoms with E-state index in [-0.39, 0.29) is 11.8 Å². The van der Waals surface area contributed by atoms with Crippen molar-refractivity contribution in [1.82, 2.24) is 0 Å². The average molecular weight is 336 g/mol. The largest absolute Gasteiger partial charge is 0.391 e. The van der Waals surface area contributed by atoms with Crippen LogP contribution in [0.3, 0.4) is 0 Å². The molecular formula is C10H8Br2O3. The summed E-state index contributed by atoms with van der Waals surface area (Å²) in [6.45, 7) is 0. The first-order chi connectivity index (χ1) is 7.01. The fourth-order valence-corrected chi connectivity index (χ4v) is 4.69. The molecule has 2 fully saturated rings. The Balaban J connectivity index is 2.25. The molecule has 4 atom stereocenters. The molecule has 0 spiro atoms. The van der Waals surface area contributed by atoms with Crippen LogP contribution >= 0.6 is 31.9 Å². The molecule has 0 unspecified atom stereocenters. The Morgan fingerprint density at radius 3 is 1.80 bits per heavy atom. The van der Waals surface area contributed by atoms with Crippen molar-refractivity contribution in [2.45, 2.75) is 21.5 Å². The third-order valence-electron chi connectivity index (χ3n) is 3.70. The molecule has 3 nitrogen and oxygen atoms in total. The highest BCUT2D eigenvalue weighted by atomic mass is 79.9. The quantitative estimate of drug-likeness (QED) is 0.294. The molecule has 0 radical (unpaired) electrons. The van der Waals surface area contributed by atoms with E-state index in [0.29, 0.717) is 0 Å². The van der Waals surface area contributed by atoms with Crippen LogP contribution in [0.5, 0.6) is 0 Å². The van der Waals surface area contributed by atoms with Gasteiger partial charge in [0.05, 0.1) is 0 Å². The van der Waals surface area contributed by atoms with Gasteiger partial charge in [0.1, 0.15) is 0 Å². The second kappa shape index (κ2) is 2.74. The Morgan fingerprint density at radius 1 is 1.07 bits per heavy atom. The number of carbonyl (C=O) groups excluding carboxylic acids is 2. The summed E-state index contributed by atoms with van der Waals surface area (Å²) in [6.07, 6.45) is 5.87. The minimum absolute atomic E-state index is 0.0424. The van der Waals surface area contributed by atoms with Crippen LogP contribution in [0.4, 0.5) is 0 Å². The Bertz CT molecular complexity index is 369. The van der Waals surface area contributed by atoms with E-state index in [4.69, 9.17) is 4.74 Å². The van der Waals surface area contributed by atoms with Crippen molar-refractivity contribution >= 4 is 43.8 Å². The first-order valence-electron chi connectivity index (χ1n) is 4.84. The number of hydrogen-bond acceptors (Lipinski definition) is 3. The van der Waals surface area contributed by atoms with Crippen molar-refractivity contribution in [3.8, 4) is 0 Å². The number of esters is 2. The van der Waals surface area contributed by atoms with Crippen LogP contribution in [0.25, 0.3) is 0 Å². The maximum absolute atomic E-state index is 11.8. The summed E-state index contributed by atoms with van der Waals surface area (Å²) in [5, 5.41) is 0. The molecular weight excluding hydrogens is 328 g/mol. The van der Waals surface area contributed by atoms with E-state index in [2.05, 4.69) is 31.9 Å². The molecule has 1 aliphatic heterocycles. The molecule has 0 aromatic heterocycles. The Morgan fingerprint density at radius 2 is 1.47 bits per heavy atom. The van der Waals surface area contributed by atoms with Crippen LogP contribution in [0, 0.1) is 11.8 Å². The van der Waals surface area contributed by atoms with Gasteiger partial charge in [0.2, 0.25) is 0 Å². The molecule has 80 valence electrons. The van der Waals surface area contributed by atoms with Gasteiger partial charge in [-0.15, -0.1) is 0 Å². The lowest BCUT2D eigenvalue weighted by Gasteiger charge is -2.48. The fraction of sp³-hybridized carbons (Fsp3) is 0.600. The van der Waals surface area contributed by atoms with E-state index < -0.39 is 20.6 Å². The first-order valence-corrected chi connectivity index (χ1v) is 6.42. The summed E-state index contributed by atoms with van der Waals surface area (Å²) >= 11 is 6.90. The number of carbonyl (C=O) groups is 2.